The topological polar surface area (TPSA) is 107 Å². The second-order valence-corrected chi connectivity index (χ2v) is 3.47. The Labute approximate surface area is 64.1 Å². The first kappa shape index (κ1) is 9.75. The van der Waals surface area contributed by atoms with Gasteiger partial charge < -0.3 is 0 Å². The van der Waals surface area contributed by atoms with Gasteiger partial charge in [0.1, 0.15) is 0 Å². The standard InChI is InChI=1S/C4H6N4O2S/c1-2-4(3-5)11(9,10)8-7-6/h4H,2H2,1H3. The first-order valence-corrected chi connectivity index (χ1v) is 4.28. The molecule has 0 N–H and O–H groups in total. The molecular formula is C4H6N4O2S. The molecule has 0 aromatic carbocycles. The molecule has 0 fully saturated rings. The molecule has 0 radical (unpaired) electrons. The Balaban J connectivity index is 4.85. The minimum Gasteiger partial charge on any atom is -0.220 e. The number of hydrogen-bond acceptors (Lipinski definition) is 3. The summed E-state index contributed by atoms with van der Waals surface area (Å²) in [5.41, 5.74) is 7.81. The van der Waals surface area contributed by atoms with Crippen LogP contribution in [0.5, 0.6) is 0 Å². The van der Waals surface area contributed by atoms with E-state index in [2.05, 4.69) is 9.43 Å². The van der Waals surface area contributed by atoms with E-state index in [9.17, 15) is 8.42 Å². The number of azide groups is 1. The molecule has 0 saturated heterocycles. The molecule has 0 aromatic heterocycles. The van der Waals surface area contributed by atoms with Crippen LogP contribution in [0.3, 0.4) is 0 Å². The van der Waals surface area contributed by atoms with Gasteiger partial charge in [-0.2, -0.15) is 5.26 Å². The van der Waals surface area contributed by atoms with Crippen LogP contribution in [0, 0.1) is 11.3 Å². The van der Waals surface area contributed by atoms with Gasteiger partial charge in [0.25, 0.3) is 10.0 Å². The summed E-state index contributed by atoms with van der Waals surface area (Å²) >= 11 is 0. The fourth-order valence-electron chi connectivity index (χ4n) is 0.476. The Kier molecular flexibility index (Phi) is 3.37. The summed E-state index contributed by atoms with van der Waals surface area (Å²) in [5, 5.41) is 7.05. The van der Waals surface area contributed by atoms with Crippen molar-refractivity contribution in [1.82, 2.24) is 0 Å². The molecule has 60 valence electrons. The average Bonchev–Trinajstić information content (AvgIpc) is 1.89. The predicted molar refractivity (Wildman–Crippen MR) is 37.8 cm³/mol. The SMILES string of the molecule is CCC(C#N)S(=O)(=O)N=[N+]=[N-]. The van der Waals surface area contributed by atoms with E-state index in [1.165, 1.54) is 13.0 Å². The molecule has 0 aliphatic rings. The molecule has 0 amide bonds. The van der Waals surface area contributed by atoms with Gasteiger partial charge in [0, 0.05) is 9.43 Å². The van der Waals surface area contributed by atoms with Gasteiger partial charge in [0.05, 0.1) is 6.07 Å². The van der Waals surface area contributed by atoms with E-state index in [1.807, 2.05) is 0 Å². The number of nitrogens with zero attached hydrogens (tertiary/aromatic N) is 4. The number of rotatable bonds is 3. The lowest BCUT2D eigenvalue weighted by Crippen LogP contribution is -2.14. The third-order valence-corrected chi connectivity index (χ3v) is 2.48. The smallest absolute Gasteiger partial charge is 0.220 e. The molecule has 0 heterocycles. The fraction of sp³-hybridized carbons (Fsp3) is 0.750. The van der Waals surface area contributed by atoms with Crippen molar-refractivity contribution in [3.8, 4) is 6.07 Å². The molecule has 0 aliphatic heterocycles. The van der Waals surface area contributed by atoms with Crippen molar-refractivity contribution in [2.24, 2.45) is 4.52 Å². The van der Waals surface area contributed by atoms with Gasteiger partial charge in [0.2, 0.25) is 0 Å². The van der Waals surface area contributed by atoms with Gasteiger partial charge in [-0.15, -0.1) is 0 Å². The molecule has 7 heteroatoms. The first-order valence-electron chi connectivity index (χ1n) is 2.78. The van der Waals surface area contributed by atoms with E-state index in [0.717, 1.165) is 0 Å². The number of nitriles is 1. The molecule has 0 rings (SSSR count). The quantitative estimate of drug-likeness (QED) is 0.360. The van der Waals surface area contributed by atoms with Crippen LogP contribution < -0.4 is 0 Å². The van der Waals surface area contributed by atoms with Gasteiger partial charge >= 0.3 is 0 Å². The minimum absolute atomic E-state index is 0.123. The Hall–Kier alpha value is -1.25. The van der Waals surface area contributed by atoms with Crippen molar-refractivity contribution in [2.45, 2.75) is 18.6 Å². The molecule has 0 spiro atoms. The summed E-state index contributed by atoms with van der Waals surface area (Å²) in [6.45, 7) is 1.53. The van der Waals surface area contributed by atoms with Crippen LogP contribution in [0.1, 0.15) is 13.3 Å². The zero-order valence-corrected chi connectivity index (χ0v) is 6.61. The van der Waals surface area contributed by atoms with Gasteiger partial charge in [-0.05, 0) is 12.0 Å². The lowest BCUT2D eigenvalue weighted by atomic mass is 10.4. The normalized spacial score (nSPS) is 12.7. The second kappa shape index (κ2) is 3.81. The highest BCUT2D eigenvalue weighted by molar-refractivity contribution is 7.90. The van der Waals surface area contributed by atoms with Crippen molar-refractivity contribution >= 4 is 10.0 Å². The fourth-order valence-corrected chi connectivity index (χ4v) is 1.25. The Morgan fingerprint density at radius 2 is 2.36 bits per heavy atom. The van der Waals surface area contributed by atoms with Crippen molar-refractivity contribution in [3.63, 3.8) is 0 Å². The monoisotopic (exact) mass is 174 g/mol. The Morgan fingerprint density at radius 3 is 2.64 bits per heavy atom. The molecule has 0 saturated carbocycles. The summed E-state index contributed by atoms with van der Waals surface area (Å²) < 4.78 is 24.0. The molecule has 1 unspecified atom stereocenters. The second-order valence-electron chi connectivity index (χ2n) is 1.71. The van der Waals surface area contributed by atoms with Gasteiger partial charge in [-0.1, -0.05) is 6.92 Å². The van der Waals surface area contributed by atoms with Crippen molar-refractivity contribution in [2.75, 3.05) is 0 Å². The summed E-state index contributed by atoms with van der Waals surface area (Å²) in [7, 11) is -3.93. The van der Waals surface area contributed by atoms with E-state index in [0.29, 0.717) is 0 Å². The van der Waals surface area contributed by atoms with Crippen molar-refractivity contribution < 1.29 is 8.42 Å². The summed E-state index contributed by atoms with van der Waals surface area (Å²) in [5.74, 6) is 0. The minimum atomic E-state index is -3.93. The van der Waals surface area contributed by atoms with E-state index < -0.39 is 15.3 Å². The van der Waals surface area contributed by atoms with Crippen molar-refractivity contribution in [1.29, 1.82) is 5.26 Å². The highest BCUT2D eigenvalue weighted by Crippen LogP contribution is 2.06. The molecule has 11 heavy (non-hydrogen) atoms. The van der Waals surface area contributed by atoms with Gasteiger partial charge in [-0.25, -0.2) is 8.42 Å². The molecule has 0 aromatic rings. The summed E-state index contributed by atoms with van der Waals surface area (Å²) in [6.07, 6.45) is 0.123. The lowest BCUT2D eigenvalue weighted by molar-refractivity contribution is 0.589. The highest BCUT2D eigenvalue weighted by Gasteiger charge is 2.21. The molecule has 0 aliphatic carbocycles. The van der Waals surface area contributed by atoms with Crippen LogP contribution in [0.25, 0.3) is 10.4 Å². The van der Waals surface area contributed by atoms with E-state index in [4.69, 9.17) is 10.8 Å². The largest absolute Gasteiger partial charge is 0.251 e. The van der Waals surface area contributed by atoms with Crippen LogP contribution >= 0.6 is 0 Å². The van der Waals surface area contributed by atoms with Crippen LogP contribution in [0.15, 0.2) is 4.52 Å². The summed E-state index contributed by atoms with van der Waals surface area (Å²) in [4.78, 5) is 2.11. The van der Waals surface area contributed by atoms with Gasteiger partial charge in [-0.3, -0.25) is 0 Å². The maximum atomic E-state index is 10.7. The van der Waals surface area contributed by atoms with Crippen LogP contribution in [-0.2, 0) is 10.0 Å². The average molecular weight is 174 g/mol. The number of sulfonamides is 1. The zero-order chi connectivity index (χ0) is 8.91. The summed E-state index contributed by atoms with van der Waals surface area (Å²) in [6, 6.07) is 1.52. The third kappa shape index (κ3) is 2.45. The van der Waals surface area contributed by atoms with Crippen LogP contribution in [0.2, 0.25) is 0 Å². The molecular weight excluding hydrogens is 168 g/mol. The van der Waals surface area contributed by atoms with Gasteiger partial charge in [0.15, 0.2) is 5.25 Å². The first-order chi connectivity index (χ1) is 5.08. The lowest BCUT2D eigenvalue weighted by Gasteiger charge is -1.98. The molecule has 6 nitrogen and oxygen atoms in total. The Morgan fingerprint density at radius 1 is 1.82 bits per heavy atom. The van der Waals surface area contributed by atoms with Crippen LogP contribution in [-0.4, -0.2) is 13.7 Å². The van der Waals surface area contributed by atoms with E-state index >= 15 is 0 Å². The highest BCUT2D eigenvalue weighted by atomic mass is 32.2. The number of hydrogen-bond donors (Lipinski definition) is 0. The third-order valence-electron chi connectivity index (χ3n) is 1.02. The predicted octanol–water partition coefficient (Wildman–Crippen LogP) is 0.929. The Bertz CT molecular complexity index is 307. The molecule has 0 bridgehead atoms. The van der Waals surface area contributed by atoms with Crippen molar-refractivity contribution in [3.05, 3.63) is 10.4 Å². The maximum absolute atomic E-state index is 10.7. The van der Waals surface area contributed by atoms with E-state index in [1.54, 1.807) is 0 Å². The molecule has 1 atom stereocenters. The van der Waals surface area contributed by atoms with E-state index in [-0.39, 0.29) is 6.42 Å². The zero-order valence-electron chi connectivity index (χ0n) is 5.80. The maximum Gasteiger partial charge on any atom is 0.251 e. The van der Waals surface area contributed by atoms with Crippen LogP contribution in [0.4, 0.5) is 0 Å².